The van der Waals surface area contributed by atoms with Gasteiger partial charge in [-0.2, -0.15) is 0 Å². The van der Waals surface area contributed by atoms with Crippen molar-refractivity contribution in [2.75, 3.05) is 5.88 Å². The van der Waals surface area contributed by atoms with Crippen LogP contribution in [-0.2, 0) is 6.42 Å². The van der Waals surface area contributed by atoms with E-state index in [9.17, 15) is 4.79 Å². The van der Waals surface area contributed by atoms with E-state index in [1.54, 1.807) is 0 Å². The van der Waals surface area contributed by atoms with Crippen LogP contribution in [0.4, 0.5) is 0 Å². The molecule has 1 heterocycles. The Hall–Kier alpha value is -0.680. The summed E-state index contributed by atoms with van der Waals surface area (Å²) < 4.78 is 3.90. The van der Waals surface area contributed by atoms with Gasteiger partial charge in [-0.05, 0) is 30.8 Å². The van der Waals surface area contributed by atoms with E-state index in [4.69, 9.17) is 11.6 Å². The number of hydrogen-bond acceptors (Lipinski definition) is 4. The third-order valence-electron chi connectivity index (χ3n) is 3.69. The zero-order valence-corrected chi connectivity index (χ0v) is 12.8. The zero-order chi connectivity index (χ0) is 13.7. The van der Waals surface area contributed by atoms with Gasteiger partial charge in [-0.1, -0.05) is 37.1 Å². The summed E-state index contributed by atoms with van der Waals surface area (Å²) in [4.78, 5) is 13.0. The molecular formula is C13H20ClN3OS. The Labute approximate surface area is 123 Å². The third-order valence-corrected chi connectivity index (χ3v) is 4.97. The summed E-state index contributed by atoms with van der Waals surface area (Å²) in [6.07, 6.45) is 7.21. The Morgan fingerprint density at radius 3 is 2.79 bits per heavy atom. The fraction of sp³-hybridized carbons (Fsp3) is 0.769. The summed E-state index contributed by atoms with van der Waals surface area (Å²) in [5.41, 5.74) is 0.579. The van der Waals surface area contributed by atoms with Crippen LogP contribution in [0.5, 0.6) is 0 Å². The molecule has 2 rings (SSSR count). The molecule has 0 aliphatic heterocycles. The topological polar surface area (TPSA) is 54.9 Å². The molecule has 1 aromatic heterocycles. The van der Waals surface area contributed by atoms with Crippen LogP contribution in [0.1, 0.15) is 60.8 Å². The summed E-state index contributed by atoms with van der Waals surface area (Å²) >= 11 is 7.28. The quantitative estimate of drug-likeness (QED) is 0.850. The molecule has 6 heteroatoms. The second-order valence-corrected chi connectivity index (χ2v) is 6.25. The molecule has 0 aromatic carbocycles. The number of rotatable bonds is 5. The van der Waals surface area contributed by atoms with Gasteiger partial charge in [0.15, 0.2) is 0 Å². The first-order valence-electron chi connectivity index (χ1n) is 6.90. The molecule has 0 spiro atoms. The lowest BCUT2D eigenvalue weighted by molar-refractivity contribution is 0.0888. The van der Waals surface area contributed by atoms with E-state index in [0.717, 1.165) is 44.2 Å². The van der Waals surface area contributed by atoms with Gasteiger partial charge >= 0.3 is 0 Å². The molecule has 0 bridgehead atoms. The van der Waals surface area contributed by atoms with Gasteiger partial charge < -0.3 is 5.32 Å². The first-order valence-corrected chi connectivity index (χ1v) is 8.21. The number of hydrogen-bond donors (Lipinski definition) is 1. The van der Waals surface area contributed by atoms with Crippen molar-refractivity contribution in [2.45, 2.75) is 57.4 Å². The van der Waals surface area contributed by atoms with Crippen LogP contribution < -0.4 is 5.32 Å². The predicted octanol–water partition coefficient (Wildman–Crippen LogP) is 3.16. The average Bonchev–Trinajstić information content (AvgIpc) is 2.88. The van der Waals surface area contributed by atoms with Gasteiger partial charge in [-0.3, -0.25) is 4.79 Å². The van der Waals surface area contributed by atoms with Gasteiger partial charge in [0.05, 0.1) is 11.2 Å². The molecule has 1 aliphatic rings. The van der Waals surface area contributed by atoms with E-state index in [1.165, 1.54) is 18.0 Å². The van der Waals surface area contributed by atoms with Crippen LogP contribution in [0.15, 0.2) is 0 Å². The molecule has 1 amide bonds. The standard InChI is InChI=1S/C13H20ClN3OS/c1-2-6-10-11(19-17-16-10)12(18)15-13(9-14)7-4-3-5-8-13/h2-9H2,1H3,(H,15,18). The van der Waals surface area contributed by atoms with Gasteiger partial charge in [0.2, 0.25) is 0 Å². The lowest BCUT2D eigenvalue weighted by Crippen LogP contribution is -2.51. The van der Waals surface area contributed by atoms with Crippen LogP contribution in [0, 0.1) is 0 Å². The van der Waals surface area contributed by atoms with Crippen molar-refractivity contribution in [3.05, 3.63) is 10.6 Å². The second-order valence-electron chi connectivity index (χ2n) is 5.23. The maximum absolute atomic E-state index is 12.4. The first-order chi connectivity index (χ1) is 9.21. The number of nitrogens with one attached hydrogen (secondary N) is 1. The maximum atomic E-state index is 12.4. The van der Waals surface area contributed by atoms with Gasteiger partial charge in [-0.15, -0.1) is 16.7 Å². The fourth-order valence-electron chi connectivity index (χ4n) is 2.60. The van der Waals surface area contributed by atoms with Gasteiger partial charge in [0.25, 0.3) is 5.91 Å². The molecule has 4 nitrogen and oxygen atoms in total. The summed E-state index contributed by atoms with van der Waals surface area (Å²) in [7, 11) is 0. The highest BCUT2D eigenvalue weighted by atomic mass is 35.5. The van der Waals surface area contributed by atoms with Crippen LogP contribution in [0.3, 0.4) is 0 Å². The molecule has 1 fully saturated rings. The number of alkyl halides is 1. The van der Waals surface area contributed by atoms with Gasteiger partial charge in [-0.25, -0.2) is 0 Å². The molecular weight excluding hydrogens is 282 g/mol. The number of carbonyl (C=O) groups is 1. The number of nitrogens with zero attached hydrogens (tertiary/aromatic N) is 2. The van der Waals surface area contributed by atoms with Crippen molar-refractivity contribution in [1.82, 2.24) is 14.9 Å². The fourth-order valence-corrected chi connectivity index (χ4v) is 3.54. The monoisotopic (exact) mass is 301 g/mol. The van der Waals surface area contributed by atoms with Crippen molar-refractivity contribution in [3.63, 3.8) is 0 Å². The molecule has 0 unspecified atom stereocenters. The molecule has 19 heavy (non-hydrogen) atoms. The van der Waals surface area contributed by atoms with Crippen LogP contribution in [0.2, 0.25) is 0 Å². The molecule has 0 atom stereocenters. The van der Waals surface area contributed by atoms with E-state index in [0.29, 0.717) is 10.8 Å². The van der Waals surface area contributed by atoms with Crippen molar-refractivity contribution < 1.29 is 4.79 Å². The smallest absolute Gasteiger partial charge is 0.265 e. The normalized spacial score (nSPS) is 18.2. The number of halogens is 1. The Balaban J connectivity index is 2.08. The second kappa shape index (κ2) is 6.66. The van der Waals surface area contributed by atoms with Gasteiger partial charge in [0, 0.05) is 5.88 Å². The minimum Gasteiger partial charge on any atom is -0.345 e. The number of aromatic nitrogens is 2. The van der Waals surface area contributed by atoms with Crippen LogP contribution in [-0.4, -0.2) is 26.9 Å². The lowest BCUT2D eigenvalue weighted by Gasteiger charge is -2.36. The maximum Gasteiger partial charge on any atom is 0.265 e. The number of aryl methyl sites for hydroxylation is 1. The van der Waals surface area contributed by atoms with Crippen LogP contribution >= 0.6 is 23.1 Å². The number of carbonyl (C=O) groups excluding carboxylic acids is 1. The van der Waals surface area contributed by atoms with Crippen molar-refractivity contribution in [2.24, 2.45) is 0 Å². The molecule has 1 saturated carbocycles. The van der Waals surface area contributed by atoms with E-state index < -0.39 is 0 Å². The first kappa shape index (κ1) is 14.7. The molecule has 1 aromatic rings. The Morgan fingerprint density at radius 2 is 2.16 bits per heavy atom. The number of amides is 1. The van der Waals surface area contributed by atoms with Crippen LogP contribution in [0.25, 0.3) is 0 Å². The Bertz CT molecular complexity index is 429. The highest BCUT2D eigenvalue weighted by molar-refractivity contribution is 7.08. The van der Waals surface area contributed by atoms with E-state index in [-0.39, 0.29) is 11.4 Å². The summed E-state index contributed by atoms with van der Waals surface area (Å²) in [5, 5.41) is 7.19. The van der Waals surface area contributed by atoms with Crippen molar-refractivity contribution in [3.8, 4) is 0 Å². The predicted molar refractivity (Wildman–Crippen MR) is 77.9 cm³/mol. The minimum absolute atomic E-state index is 0.0546. The van der Waals surface area contributed by atoms with E-state index >= 15 is 0 Å². The molecule has 1 aliphatic carbocycles. The molecule has 1 N–H and O–H groups in total. The molecule has 0 radical (unpaired) electrons. The molecule has 0 saturated heterocycles. The summed E-state index contributed by atoms with van der Waals surface area (Å²) in [5.74, 6) is 0.426. The van der Waals surface area contributed by atoms with E-state index in [1.807, 2.05) is 0 Å². The zero-order valence-electron chi connectivity index (χ0n) is 11.2. The third kappa shape index (κ3) is 3.45. The highest BCUT2D eigenvalue weighted by Gasteiger charge is 2.34. The average molecular weight is 302 g/mol. The van der Waals surface area contributed by atoms with Crippen molar-refractivity contribution >= 4 is 29.0 Å². The largest absolute Gasteiger partial charge is 0.345 e. The highest BCUT2D eigenvalue weighted by Crippen LogP contribution is 2.30. The Kier molecular flexibility index (Phi) is 5.16. The summed E-state index contributed by atoms with van der Waals surface area (Å²) in [6.45, 7) is 2.07. The summed E-state index contributed by atoms with van der Waals surface area (Å²) in [6, 6.07) is 0. The Morgan fingerprint density at radius 1 is 1.42 bits per heavy atom. The van der Waals surface area contributed by atoms with E-state index in [2.05, 4.69) is 21.8 Å². The van der Waals surface area contributed by atoms with Crippen molar-refractivity contribution in [1.29, 1.82) is 0 Å². The van der Waals surface area contributed by atoms with Gasteiger partial charge in [0.1, 0.15) is 4.88 Å². The molecule has 106 valence electrons. The minimum atomic E-state index is -0.232. The SMILES string of the molecule is CCCc1nnsc1C(=O)NC1(CCl)CCCCC1. The lowest BCUT2D eigenvalue weighted by atomic mass is 9.83.